The molecule has 8 heteroatoms. The highest BCUT2D eigenvalue weighted by atomic mass is 32.2. The first kappa shape index (κ1) is 17.5. The van der Waals surface area contributed by atoms with Crippen LogP contribution in [0.15, 0.2) is 57.6 Å². The minimum atomic E-state index is -3.28. The van der Waals surface area contributed by atoms with Crippen LogP contribution >= 0.6 is 22.7 Å². The number of sulfone groups is 1. The van der Waals surface area contributed by atoms with Gasteiger partial charge in [-0.05, 0) is 46.2 Å². The van der Waals surface area contributed by atoms with Gasteiger partial charge in [0.25, 0.3) is 5.91 Å². The van der Waals surface area contributed by atoms with E-state index in [0.717, 1.165) is 11.8 Å². The first-order valence-electron chi connectivity index (χ1n) is 7.19. The summed E-state index contributed by atoms with van der Waals surface area (Å²) >= 11 is 2.86. The molecule has 0 bridgehead atoms. The predicted molar refractivity (Wildman–Crippen MR) is 102 cm³/mol. The predicted octanol–water partition coefficient (Wildman–Crippen LogP) is 3.79. The van der Waals surface area contributed by atoms with Gasteiger partial charge in [0.15, 0.2) is 15.0 Å². The molecule has 0 spiro atoms. The van der Waals surface area contributed by atoms with Crippen molar-refractivity contribution in [2.75, 3.05) is 11.6 Å². The average Bonchev–Trinajstić information content (AvgIpc) is 3.25. The second-order valence-corrected chi connectivity index (χ2v) is 8.89. The Morgan fingerprint density at radius 2 is 1.92 bits per heavy atom. The van der Waals surface area contributed by atoms with Crippen LogP contribution in [0, 0.1) is 0 Å². The maximum Gasteiger partial charge on any atom is 0.258 e. The summed E-state index contributed by atoms with van der Waals surface area (Å²) in [6, 6.07) is 8.18. The van der Waals surface area contributed by atoms with E-state index < -0.39 is 9.84 Å². The van der Waals surface area contributed by atoms with E-state index in [-0.39, 0.29) is 10.8 Å². The van der Waals surface area contributed by atoms with Gasteiger partial charge in [-0.1, -0.05) is 12.1 Å². The van der Waals surface area contributed by atoms with Crippen LogP contribution in [0.2, 0.25) is 0 Å². The molecule has 0 saturated heterocycles. The molecule has 0 aliphatic heterocycles. The zero-order chi connectivity index (χ0) is 17.9. The van der Waals surface area contributed by atoms with Crippen molar-refractivity contribution in [1.29, 1.82) is 0 Å². The lowest BCUT2D eigenvalue weighted by atomic mass is 10.0. The maximum absolute atomic E-state index is 12.7. The molecule has 0 radical (unpaired) electrons. The summed E-state index contributed by atoms with van der Waals surface area (Å²) in [5.41, 5.74) is 1.97. The molecule has 0 aliphatic carbocycles. The van der Waals surface area contributed by atoms with E-state index in [1.807, 2.05) is 16.8 Å². The van der Waals surface area contributed by atoms with Crippen molar-refractivity contribution in [2.45, 2.75) is 4.90 Å². The topological polar surface area (TPSA) is 76.1 Å². The quantitative estimate of drug-likeness (QED) is 0.673. The molecule has 128 valence electrons. The summed E-state index contributed by atoms with van der Waals surface area (Å²) in [7, 11) is -3.28. The summed E-state index contributed by atoms with van der Waals surface area (Å²) in [6.07, 6.45) is 4.54. The van der Waals surface area contributed by atoms with Crippen LogP contribution in [0.4, 0.5) is 5.13 Å². The molecule has 2 aromatic heterocycles. The second kappa shape index (κ2) is 7.30. The van der Waals surface area contributed by atoms with Crippen LogP contribution in [-0.2, 0) is 14.6 Å². The lowest BCUT2D eigenvalue weighted by molar-refractivity contribution is -0.111. The number of aromatic nitrogens is 1. The minimum absolute atomic E-state index is 0.214. The van der Waals surface area contributed by atoms with Crippen molar-refractivity contribution in [2.24, 2.45) is 0 Å². The Kier molecular flexibility index (Phi) is 5.12. The standard InChI is InChI=1S/C17H14N2O3S3/c1-25(21,22)14-4-2-13(3-5-14)15(10-12-6-8-23-11-12)16(20)19-17-18-7-9-24-17/h2-11H,1H3,(H,18,19,20)/b15-10-. The second-order valence-electron chi connectivity index (χ2n) is 5.20. The number of nitrogens with zero attached hydrogens (tertiary/aromatic N) is 1. The van der Waals surface area contributed by atoms with Gasteiger partial charge in [-0.3, -0.25) is 10.1 Å². The molecule has 5 nitrogen and oxygen atoms in total. The van der Waals surface area contributed by atoms with Crippen LogP contribution in [0.3, 0.4) is 0 Å². The Morgan fingerprint density at radius 3 is 2.48 bits per heavy atom. The normalized spacial score (nSPS) is 12.1. The average molecular weight is 391 g/mol. The van der Waals surface area contributed by atoms with Crippen molar-refractivity contribution in [1.82, 2.24) is 4.98 Å². The Hall–Kier alpha value is -2.29. The van der Waals surface area contributed by atoms with E-state index in [4.69, 9.17) is 0 Å². The van der Waals surface area contributed by atoms with E-state index in [2.05, 4.69) is 10.3 Å². The lowest BCUT2D eigenvalue weighted by Gasteiger charge is -2.08. The number of hydrogen-bond acceptors (Lipinski definition) is 6. The van der Waals surface area contributed by atoms with Crippen molar-refractivity contribution < 1.29 is 13.2 Å². The third-order valence-corrected chi connectivity index (χ3v) is 5.86. The first-order chi connectivity index (χ1) is 11.9. The van der Waals surface area contributed by atoms with Crippen LogP contribution in [0.5, 0.6) is 0 Å². The zero-order valence-electron chi connectivity index (χ0n) is 13.2. The summed E-state index contributed by atoms with van der Waals surface area (Å²) in [4.78, 5) is 17.0. The van der Waals surface area contributed by atoms with Crippen LogP contribution in [-0.4, -0.2) is 25.6 Å². The van der Waals surface area contributed by atoms with E-state index >= 15 is 0 Å². The molecular formula is C17H14N2O3S3. The largest absolute Gasteiger partial charge is 0.298 e. The Labute approximate surface area is 153 Å². The van der Waals surface area contributed by atoms with Crippen molar-refractivity contribution in [3.63, 3.8) is 0 Å². The Balaban J connectivity index is 1.98. The Morgan fingerprint density at radius 1 is 1.16 bits per heavy atom. The molecule has 0 atom stereocenters. The van der Waals surface area contributed by atoms with Gasteiger partial charge in [0, 0.05) is 23.4 Å². The summed E-state index contributed by atoms with van der Waals surface area (Å²) in [6.45, 7) is 0. The maximum atomic E-state index is 12.7. The molecule has 0 unspecified atom stereocenters. The van der Waals surface area contributed by atoms with E-state index in [1.54, 1.807) is 29.8 Å². The molecule has 0 saturated carbocycles. The number of anilines is 1. The summed E-state index contributed by atoms with van der Waals surface area (Å²) < 4.78 is 23.2. The zero-order valence-corrected chi connectivity index (χ0v) is 15.6. The number of nitrogens with one attached hydrogen (secondary N) is 1. The van der Waals surface area contributed by atoms with Gasteiger partial charge in [0.2, 0.25) is 0 Å². The first-order valence-corrected chi connectivity index (χ1v) is 10.9. The van der Waals surface area contributed by atoms with Crippen molar-refractivity contribution >= 4 is 55.2 Å². The SMILES string of the molecule is CS(=O)(=O)c1ccc(/C(=C/c2ccsc2)C(=O)Nc2nccs2)cc1. The number of amides is 1. The van der Waals surface area contributed by atoms with Gasteiger partial charge in [0.1, 0.15) is 0 Å². The fourth-order valence-electron chi connectivity index (χ4n) is 2.14. The van der Waals surface area contributed by atoms with Gasteiger partial charge >= 0.3 is 0 Å². The number of carbonyl (C=O) groups excluding carboxylic acids is 1. The molecule has 3 rings (SSSR count). The fraction of sp³-hybridized carbons (Fsp3) is 0.0588. The van der Waals surface area contributed by atoms with Crippen LogP contribution in [0.1, 0.15) is 11.1 Å². The van der Waals surface area contributed by atoms with E-state index in [1.165, 1.54) is 34.8 Å². The highest BCUT2D eigenvalue weighted by molar-refractivity contribution is 7.90. The van der Waals surface area contributed by atoms with E-state index in [0.29, 0.717) is 16.3 Å². The summed E-state index contributed by atoms with van der Waals surface area (Å²) in [5, 5.41) is 8.91. The smallest absolute Gasteiger partial charge is 0.258 e. The highest BCUT2D eigenvalue weighted by Crippen LogP contribution is 2.24. The third kappa shape index (κ3) is 4.41. The molecule has 1 amide bonds. The fourth-order valence-corrected chi connectivity index (χ4v) is 3.91. The molecule has 2 heterocycles. The monoisotopic (exact) mass is 390 g/mol. The molecule has 0 fully saturated rings. The van der Waals surface area contributed by atoms with Gasteiger partial charge in [-0.15, -0.1) is 11.3 Å². The van der Waals surface area contributed by atoms with Crippen LogP contribution < -0.4 is 5.32 Å². The Bertz CT molecular complexity index is 988. The van der Waals surface area contributed by atoms with Gasteiger partial charge in [0.05, 0.1) is 4.90 Å². The van der Waals surface area contributed by atoms with Crippen molar-refractivity contribution in [3.05, 3.63) is 63.8 Å². The molecule has 3 aromatic rings. The molecular weight excluding hydrogens is 376 g/mol. The number of rotatable bonds is 5. The number of thiophene rings is 1. The van der Waals surface area contributed by atoms with Crippen LogP contribution in [0.25, 0.3) is 11.6 Å². The minimum Gasteiger partial charge on any atom is -0.298 e. The van der Waals surface area contributed by atoms with Gasteiger partial charge < -0.3 is 0 Å². The molecule has 1 N–H and O–H groups in total. The molecule has 0 aliphatic rings. The van der Waals surface area contributed by atoms with Gasteiger partial charge in [-0.2, -0.15) is 11.3 Å². The summed E-state index contributed by atoms with van der Waals surface area (Å²) in [5.74, 6) is -0.298. The lowest BCUT2D eigenvalue weighted by Crippen LogP contribution is -2.13. The number of hydrogen-bond donors (Lipinski definition) is 1. The molecule has 25 heavy (non-hydrogen) atoms. The van der Waals surface area contributed by atoms with Crippen molar-refractivity contribution in [3.8, 4) is 0 Å². The van der Waals surface area contributed by atoms with Gasteiger partial charge in [-0.25, -0.2) is 13.4 Å². The number of carbonyl (C=O) groups is 1. The number of thiazole rings is 1. The molecule has 1 aromatic carbocycles. The highest BCUT2D eigenvalue weighted by Gasteiger charge is 2.15. The van der Waals surface area contributed by atoms with E-state index in [9.17, 15) is 13.2 Å². The number of benzene rings is 1. The third-order valence-electron chi connectivity index (χ3n) is 3.35.